The van der Waals surface area contributed by atoms with E-state index < -0.39 is 0 Å². The van der Waals surface area contributed by atoms with Crippen LogP contribution in [0.1, 0.15) is 62.3 Å². The summed E-state index contributed by atoms with van der Waals surface area (Å²) in [5, 5.41) is 1.69. The number of hydrogen-bond acceptors (Lipinski definition) is 2. The molecule has 4 aromatic rings. The minimum Gasteiger partial charge on any atom is -0.342 e. The number of fused-ring (bicyclic) bond motifs is 2. The van der Waals surface area contributed by atoms with Crippen molar-refractivity contribution in [3.8, 4) is 0 Å². The van der Waals surface area contributed by atoms with E-state index in [-0.39, 0.29) is 5.82 Å². The molecule has 1 N–H and O–H groups in total. The number of aromatic nitrogens is 3. The van der Waals surface area contributed by atoms with Gasteiger partial charge in [0.2, 0.25) is 0 Å². The molecule has 0 radical (unpaired) electrons. The molecule has 2 aromatic heterocycles. The normalized spacial score (nSPS) is 20.6. The van der Waals surface area contributed by atoms with Crippen LogP contribution in [0, 0.1) is 11.7 Å². The van der Waals surface area contributed by atoms with Crippen molar-refractivity contribution in [2.45, 2.75) is 50.9 Å². The van der Waals surface area contributed by atoms with Crippen molar-refractivity contribution < 1.29 is 4.39 Å². The average Bonchev–Trinajstić information content (AvgIpc) is 3.17. The number of H-pyrrole nitrogens is 1. The Balaban J connectivity index is 1.26. The fourth-order valence-electron chi connectivity index (χ4n) is 5.05. The molecular weight excluding hydrogens is 397 g/mol. The van der Waals surface area contributed by atoms with Gasteiger partial charge < -0.3 is 4.98 Å². The highest BCUT2D eigenvalue weighted by Gasteiger charge is 2.26. The Bertz CT molecular complexity index is 1190. The highest BCUT2D eigenvalue weighted by atomic mass is 35.5. The molecule has 1 aliphatic carbocycles. The van der Waals surface area contributed by atoms with Gasteiger partial charge in [-0.05, 0) is 92.0 Å². The van der Waals surface area contributed by atoms with Crippen LogP contribution in [-0.4, -0.2) is 15.0 Å². The number of benzene rings is 2. The molecule has 3 nitrogen and oxygen atoms in total. The third-order valence-corrected chi connectivity index (χ3v) is 6.88. The molecule has 5 heteroatoms. The van der Waals surface area contributed by atoms with Gasteiger partial charge in [-0.1, -0.05) is 18.5 Å². The summed E-state index contributed by atoms with van der Waals surface area (Å²) in [5.41, 5.74) is 4.11. The molecule has 30 heavy (non-hydrogen) atoms. The summed E-state index contributed by atoms with van der Waals surface area (Å²) in [6.07, 6.45) is 7.66. The van der Waals surface area contributed by atoms with Crippen LogP contribution in [0.4, 0.5) is 4.39 Å². The molecular formula is C25H25ClFN3. The van der Waals surface area contributed by atoms with E-state index in [9.17, 15) is 4.39 Å². The maximum Gasteiger partial charge on any atom is 0.123 e. The maximum atomic E-state index is 13.8. The van der Waals surface area contributed by atoms with Crippen LogP contribution in [0.3, 0.4) is 0 Å². The number of hydrogen-bond donors (Lipinski definition) is 1. The molecule has 0 bridgehead atoms. The third kappa shape index (κ3) is 3.81. The predicted octanol–water partition coefficient (Wildman–Crippen LogP) is 7.37. The summed E-state index contributed by atoms with van der Waals surface area (Å²) in [4.78, 5) is 12.6. The van der Waals surface area contributed by atoms with Crippen LogP contribution < -0.4 is 0 Å². The topological polar surface area (TPSA) is 41.6 Å². The van der Waals surface area contributed by atoms with Crippen molar-refractivity contribution in [2.75, 3.05) is 0 Å². The van der Waals surface area contributed by atoms with Gasteiger partial charge in [0, 0.05) is 22.5 Å². The van der Waals surface area contributed by atoms with E-state index in [0.717, 1.165) is 52.0 Å². The number of nitrogens with zero attached hydrogens (tertiary/aromatic N) is 2. The van der Waals surface area contributed by atoms with Gasteiger partial charge >= 0.3 is 0 Å². The summed E-state index contributed by atoms with van der Waals surface area (Å²) in [6, 6.07) is 12.8. The van der Waals surface area contributed by atoms with Gasteiger partial charge in [-0.25, -0.2) is 9.37 Å². The van der Waals surface area contributed by atoms with Gasteiger partial charge in [0.15, 0.2) is 0 Å². The first-order valence-corrected chi connectivity index (χ1v) is 11.1. The molecule has 5 rings (SSSR count). The third-order valence-electron chi connectivity index (χ3n) is 6.64. The molecule has 0 aliphatic heterocycles. The van der Waals surface area contributed by atoms with Gasteiger partial charge in [0.1, 0.15) is 11.6 Å². The largest absolute Gasteiger partial charge is 0.342 e. The van der Waals surface area contributed by atoms with E-state index in [1.54, 1.807) is 12.1 Å². The van der Waals surface area contributed by atoms with E-state index in [1.807, 2.05) is 24.4 Å². The minimum absolute atomic E-state index is 0.189. The summed E-state index contributed by atoms with van der Waals surface area (Å²) in [6.45, 7) is 2.25. The molecule has 0 saturated heterocycles. The van der Waals surface area contributed by atoms with Gasteiger partial charge in [-0.2, -0.15) is 0 Å². The minimum atomic E-state index is -0.189. The second-order valence-corrected chi connectivity index (χ2v) is 9.14. The highest BCUT2D eigenvalue weighted by Crippen LogP contribution is 2.41. The lowest BCUT2D eigenvalue weighted by Gasteiger charge is -2.30. The Morgan fingerprint density at radius 1 is 1.07 bits per heavy atom. The van der Waals surface area contributed by atoms with Gasteiger partial charge in [-0.15, -0.1) is 0 Å². The number of pyridine rings is 1. The zero-order chi connectivity index (χ0) is 20.7. The molecule has 1 aliphatic rings. The van der Waals surface area contributed by atoms with E-state index in [4.69, 9.17) is 16.6 Å². The number of halogens is 2. The molecule has 1 saturated carbocycles. The fraction of sp³-hybridized carbons (Fsp3) is 0.360. The number of imidazole rings is 1. The molecule has 0 unspecified atom stereocenters. The Labute approximate surface area is 180 Å². The number of nitrogens with one attached hydrogen (secondary N) is 1. The van der Waals surface area contributed by atoms with Crippen LogP contribution in [0.15, 0.2) is 48.7 Å². The quantitative estimate of drug-likeness (QED) is 0.373. The molecule has 154 valence electrons. The Kier molecular flexibility index (Phi) is 5.20. The van der Waals surface area contributed by atoms with Gasteiger partial charge in [0.25, 0.3) is 0 Å². The van der Waals surface area contributed by atoms with E-state index in [2.05, 4.69) is 23.0 Å². The zero-order valence-electron chi connectivity index (χ0n) is 17.0. The van der Waals surface area contributed by atoms with Gasteiger partial charge in [0.05, 0.1) is 16.6 Å². The zero-order valence-corrected chi connectivity index (χ0v) is 17.8. The molecule has 1 fully saturated rings. The van der Waals surface area contributed by atoms with Crippen LogP contribution in [0.2, 0.25) is 5.02 Å². The fourth-order valence-corrected chi connectivity index (χ4v) is 5.21. The van der Waals surface area contributed by atoms with E-state index in [0.29, 0.717) is 17.8 Å². The van der Waals surface area contributed by atoms with E-state index >= 15 is 0 Å². The molecule has 2 aromatic carbocycles. The maximum absolute atomic E-state index is 13.8. The van der Waals surface area contributed by atoms with Crippen molar-refractivity contribution in [1.82, 2.24) is 15.0 Å². The van der Waals surface area contributed by atoms with Crippen molar-refractivity contribution in [2.24, 2.45) is 5.92 Å². The van der Waals surface area contributed by atoms with Crippen LogP contribution >= 0.6 is 11.6 Å². The monoisotopic (exact) mass is 421 g/mol. The van der Waals surface area contributed by atoms with Crippen molar-refractivity contribution >= 4 is 33.5 Å². The summed E-state index contributed by atoms with van der Waals surface area (Å²) < 4.78 is 13.8. The molecule has 0 amide bonds. The van der Waals surface area contributed by atoms with Crippen LogP contribution in [0.5, 0.6) is 0 Å². The smallest absolute Gasteiger partial charge is 0.123 e. The van der Waals surface area contributed by atoms with Crippen LogP contribution in [-0.2, 0) is 0 Å². The first-order valence-electron chi connectivity index (χ1n) is 10.8. The summed E-state index contributed by atoms with van der Waals surface area (Å²) in [7, 11) is 0. The summed E-state index contributed by atoms with van der Waals surface area (Å²) in [5.74, 6) is 2.42. The second kappa shape index (κ2) is 7.99. The number of rotatable bonds is 4. The number of aromatic amines is 1. The van der Waals surface area contributed by atoms with Crippen molar-refractivity contribution in [1.29, 1.82) is 0 Å². The van der Waals surface area contributed by atoms with E-state index in [1.165, 1.54) is 24.5 Å². The Hall–Kier alpha value is -2.46. The first kappa shape index (κ1) is 19.5. The molecule has 1 atom stereocenters. The predicted molar refractivity (Wildman–Crippen MR) is 121 cm³/mol. The Morgan fingerprint density at radius 3 is 2.73 bits per heavy atom. The Morgan fingerprint density at radius 2 is 1.90 bits per heavy atom. The lowest BCUT2D eigenvalue weighted by molar-refractivity contribution is 0.296. The van der Waals surface area contributed by atoms with Crippen molar-refractivity contribution in [3.63, 3.8) is 0 Å². The molecule has 0 spiro atoms. The lowest BCUT2D eigenvalue weighted by atomic mass is 9.75. The van der Waals surface area contributed by atoms with Crippen molar-refractivity contribution in [3.05, 3.63) is 70.9 Å². The average molecular weight is 422 g/mol. The highest BCUT2D eigenvalue weighted by molar-refractivity contribution is 6.31. The standard InChI is InChI=1S/C25H25ClFN3/c1-15(25-29-23-8-6-18(26)13-24(23)30-25)12-16-2-4-17(5-3-16)20-10-11-28-22-9-7-19(27)14-21(20)22/h6-11,13-17H,2-5,12H2,1H3,(H,29,30)/t15-,16-,17+/m0/s1. The summed E-state index contributed by atoms with van der Waals surface area (Å²) >= 11 is 6.09. The molecule has 2 heterocycles. The lowest BCUT2D eigenvalue weighted by Crippen LogP contribution is -2.16. The van der Waals surface area contributed by atoms with Gasteiger partial charge in [-0.3, -0.25) is 4.98 Å². The van der Waals surface area contributed by atoms with Crippen LogP contribution in [0.25, 0.3) is 21.9 Å². The second-order valence-electron chi connectivity index (χ2n) is 8.70. The first-order chi connectivity index (χ1) is 14.6. The SMILES string of the molecule is C[C@@H](C[C@H]1CC[C@@H](c2ccnc3ccc(F)cc32)CC1)c1nc2cc(Cl)ccc2[nH]1.